The number of rotatable bonds is 0. The second kappa shape index (κ2) is 2.94. The zero-order valence-corrected chi connectivity index (χ0v) is 7.10. The number of fused-ring (bicyclic) bond motifs is 1. The Balaban J connectivity index is 2.72. The van der Waals surface area contributed by atoms with E-state index in [1.54, 1.807) is 0 Å². The van der Waals surface area contributed by atoms with Gasteiger partial charge in [-0.2, -0.15) is 0 Å². The van der Waals surface area contributed by atoms with Crippen LogP contribution in [0, 0.1) is 11.6 Å². The molecule has 14 heavy (non-hydrogen) atoms. The van der Waals surface area contributed by atoms with Gasteiger partial charge in [0.1, 0.15) is 5.82 Å². The quantitative estimate of drug-likeness (QED) is 0.653. The maximum absolute atomic E-state index is 13.2. The van der Waals surface area contributed by atoms with Crippen LogP contribution < -0.4 is 5.32 Å². The van der Waals surface area contributed by atoms with E-state index < -0.39 is 23.3 Å². The molecular weight excluding hydrogens is 192 g/mol. The standard InChI is InChI=1S/C9H7F2NO2/c10-5-3-6(13)8(11)4-1-2-12-9(14)7(4)5/h3,13H,1-2H2,(H,12,14). The Hall–Kier alpha value is -1.65. The van der Waals surface area contributed by atoms with Gasteiger partial charge < -0.3 is 10.4 Å². The van der Waals surface area contributed by atoms with E-state index >= 15 is 0 Å². The Bertz CT molecular complexity index is 418. The minimum Gasteiger partial charge on any atom is -0.505 e. The van der Waals surface area contributed by atoms with Crippen LogP contribution in [0.25, 0.3) is 0 Å². The fraction of sp³-hybridized carbons (Fsp3) is 0.222. The molecule has 0 bridgehead atoms. The lowest BCUT2D eigenvalue weighted by molar-refractivity contribution is 0.0940. The summed E-state index contributed by atoms with van der Waals surface area (Å²) < 4.78 is 26.4. The number of nitrogens with one attached hydrogen (secondary N) is 1. The Labute approximate surface area is 78.4 Å². The number of amides is 1. The summed E-state index contributed by atoms with van der Waals surface area (Å²) in [5, 5.41) is 11.4. The van der Waals surface area contributed by atoms with Crippen molar-refractivity contribution in [1.82, 2.24) is 5.32 Å². The predicted octanol–water partition coefficient (Wildman–Crippen LogP) is 0.956. The highest BCUT2D eigenvalue weighted by atomic mass is 19.1. The number of halogens is 2. The first-order valence-corrected chi connectivity index (χ1v) is 4.09. The largest absolute Gasteiger partial charge is 0.505 e. The van der Waals surface area contributed by atoms with E-state index in [-0.39, 0.29) is 24.1 Å². The van der Waals surface area contributed by atoms with Crippen molar-refractivity contribution in [2.75, 3.05) is 6.54 Å². The monoisotopic (exact) mass is 199 g/mol. The van der Waals surface area contributed by atoms with Gasteiger partial charge in [0.2, 0.25) is 0 Å². The molecule has 0 atom stereocenters. The Morgan fingerprint density at radius 2 is 2.14 bits per heavy atom. The lowest BCUT2D eigenvalue weighted by atomic mass is 9.99. The lowest BCUT2D eigenvalue weighted by Crippen LogP contribution is -2.33. The smallest absolute Gasteiger partial charge is 0.254 e. The first kappa shape index (κ1) is 8.93. The van der Waals surface area contributed by atoms with Crippen LogP contribution in [0.2, 0.25) is 0 Å². The predicted molar refractivity (Wildman–Crippen MR) is 44.1 cm³/mol. The van der Waals surface area contributed by atoms with E-state index in [9.17, 15) is 13.6 Å². The van der Waals surface area contributed by atoms with Gasteiger partial charge in [-0.05, 0) is 6.42 Å². The molecule has 0 saturated heterocycles. The maximum atomic E-state index is 13.2. The van der Waals surface area contributed by atoms with Gasteiger partial charge in [0.15, 0.2) is 11.6 Å². The van der Waals surface area contributed by atoms with E-state index in [0.29, 0.717) is 6.07 Å². The van der Waals surface area contributed by atoms with Crippen molar-refractivity contribution in [2.45, 2.75) is 6.42 Å². The van der Waals surface area contributed by atoms with Crippen LogP contribution in [0.3, 0.4) is 0 Å². The van der Waals surface area contributed by atoms with Crippen LogP contribution in [0.4, 0.5) is 8.78 Å². The number of phenolic OH excluding ortho intramolecular Hbond substituents is 1. The fourth-order valence-corrected chi connectivity index (χ4v) is 1.53. The van der Waals surface area contributed by atoms with Crippen LogP contribution in [0.5, 0.6) is 5.75 Å². The topological polar surface area (TPSA) is 49.3 Å². The third-order valence-corrected chi connectivity index (χ3v) is 2.18. The van der Waals surface area contributed by atoms with Crippen molar-refractivity contribution in [2.24, 2.45) is 0 Å². The van der Waals surface area contributed by atoms with Crippen molar-refractivity contribution in [3.05, 3.63) is 28.8 Å². The minimum atomic E-state index is -0.906. The molecule has 1 aliphatic heterocycles. The van der Waals surface area contributed by atoms with Crippen LogP contribution in [-0.4, -0.2) is 17.6 Å². The summed E-state index contributed by atoms with van der Waals surface area (Å²) in [6.07, 6.45) is 0.193. The van der Waals surface area contributed by atoms with Crippen LogP contribution in [0.1, 0.15) is 15.9 Å². The zero-order valence-electron chi connectivity index (χ0n) is 7.10. The van der Waals surface area contributed by atoms with E-state index in [2.05, 4.69) is 5.32 Å². The first-order chi connectivity index (χ1) is 6.61. The average Bonchev–Trinajstić information content (AvgIpc) is 2.14. The van der Waals surface area contributed by atoms with E-state index in [0.717, 1.165) is 0 Å². The number of hydrogen-bond donors (Lipinski definition) is 2. The molecule has 0 spiro atoms. The van der Waals surface area contributed by atoms with Gasteiger partial charge in [0, 0.05) is 18.2 Å². The molecule has 0 aliphatic carbocycles. The summed E-state index contributed by atoms with van der Waals surface area (Å²) in [6, 6.07) is 0.610. The molecule has 2 rings (SSSR count). The van der Waals surface area contributed by atoms with Gasteiger partial charge in [-0.15, -0.1) is 0 Å². The fourth-order valence-electron chi connectivity index (χ4n) is 1.53. The second-order valence-electron chi connectivity index (χ2n) is 3.05. The van der Waals surface area contributed by atoms with Crippen molar-refractivity contribution in [1.29, 1.82) is 0 Å². The summed E-state index contributed by atoms with van der Waals surface area (Å²) in [7, 11) is 0. The number of phenols is 1. The summed E-state index contributed by atoms with van der Waals surface area (Å²) in [5.41, 5.74) is -0.349. The van der Waals surface area contributed by atoms with E-state index in [4.69, 9.17) is 5.11 Å². The minimum absolute atomic E-state index is 0.0498. The molecule has 1 amide bonds. The number of carbonyl (C=O) groups excluding carboxylic acids is 1. The molecule has 0 fully saturated rings. The van der Waals surface area contributed by atoms with Gasteiger partial charge in [-0.3, -0.25) is 4.79 Å². The van der Waals surface area contributed by atoms with Gasteiger partial charge in [0.05, 0.1) is 5.56 Å². The summed E-state index contributed by atoms with van der Waals surface area (Å²) in [4.78, 5) is 11.2. The highest BCUT2D eigenvalue weighted by Gasteiger charge is 2.26. The molecule has 0 aromatic heterocycles. The maximum Gasteiger partial charge on any atom is 0.254 e. The molecule has 2 N–H and O–H groups in total. The van der Waals surface area contributed by atoms with Crippen molar-refractivity contribution >= 4 is 5.91 Å². The van der Waals surface area contributed by atoms with E-state index in [1.165, 1.54) is 0 Å². The van der Waals surface area contributed by atoms with E-state index in [1.807, 2.05) is 0 Å². The number of aromatic hydroxyl groups is 1. The summed E-state index contributed by atoms with van der Waals surface area (Å²) in [5.74, 6) is -3.19. The average molecular weight is 199 g/mol. The molecule has 0 radical (unpaired) electrons. The molecule has 1 heterocycles. The SMILES string of the molecule is O=C1NCCc2c(F)c(O)cc(F)c21. The molecule has 1 aromatic carbocycles. The summed E-state index contributed by atoms with van der Waals surface area (Å²) >= 11 is 0. The number of benzene rings is 1. The Kier molecular flexibility index (Phi) is 1.87. The Morgan fingerprint density at radius 1 is 1.43 bits per heavy atom. The van der Waals surface area contributed by atoms with Crippen LogP contribution in [0.15, 0.2) is 6.07 Å². The molecule has 5 heteroatoms. The summed E-state index contributed by atoms with van der Waals surface area (Å²) in [6.45, 7) is 0.256. The van der Waals surface area contributed by atoms with Crippen molar-refractivity contribution < 1.29 is 18.7 Å². The molecule has 0 unspecified atom stereocenters. The zero-order chi connectivity index (χ0) is 10.3. The van der Waals surface area contributed by atoms with Gasteiger partial charge in [-0.25, -0.2) is 8.78 Å². The molecule has 74 valence electrons. The Morgan fingerprint density at radius 3 is 2.86 bits per heavy atom. The van der Waals surface area contributed by atoms with Crippen molar-refractivity contribution in [3.8, 4) is 5.75 Å². The molecule has 3 nitrogen and oxygen atoms in total. The molecule has 0 saturated carbocycles. The first-order valence-electron chi connectivity index (χ1n) is 4.09. The lowest BCUT2D eigenvalue weighted by Gasteiger charge is -2.17. The highest BCUT2D eigenvalue weighted by Crippen LogP contribution is 2.27. The highest BCUT2D eigenvalue weighted by molar-refractivity contribution is 5.97. The third kappa shape index (κ3) is 1.13. The van der Waals surface area contributed by atoms with Crippen LogP contribution in [-0.2, 0) is 6.42 Å². The van der Waals surface area contributed by atoms with Gasteiger partial charge in [0.25, 0.3) is 5.91 Å². The third-order valence-electron chi connectivity index (χ3n) is 2.18. The molecular formula is C9H7F2NO2. The van der Waals surface area contributed by atoms with Crippen LogP contribution >= 0.6 is 0 Å². The number of carbonyl (C=O) groups is 1. The normalized spacial score (nSPS) is 14.9. The van der Waals surface area contributed by atoms with Gasteiger partial charge in [-0.1, -0.05) is 0 Å². The molecule has 1 aliphatic rings. The second-order valence-corrected chi connectivity index (χ2v) is 3.05. The number of hydrogen-bond acceptors (Lipinski definition) is 2. The molecule has 1 aromatic rings. The van der Waals surface area contributed by atoms with Crippen molar-refractivity contribution in [3.63, 3.8) is 0 Å². The van der Waals surface area contributed by atoms with Gasteiger partial charge >= 0.3 is 0 Å².